The van der Waals surface area contributed by atoms with Crippen LogP contribution in [0.2, 0.25) is 0 Å². The average molecular weight is 365 g/mol. The van der Waals surface area contributed by atoms with Gasteiger partial charge in [0.25, 0.3) is 0 Å². The molecule has 0 aliphatic rings. The summed E-state index contributed by atoms with van der Waals surface area (Å²) in [6.07, 6.45) is -4.27. The summed E-state index contributed by atoms with van der Waals surface area (Å²) in [6, 6.07) is 11.3. The largest absolute Gasteiger partial charge is 0.416 e. The molecule has 3 N–H and O–H groups in total. The van der Waals surface area contributed by atoms with Crippen molar-refractivity contribution in [1.82, 2.24) is 0 Å². The molecule has 0 aliphatic heterocycles. The zero-order valence-electron chi connectivity index (χ0n) is 14.0. The molecule has 0 unspecified atom stereocenters. The SMILES string of the molecule is CC(=O)Nc1cccc(NCCC(=O)Nc2ccc(C(F)(F)F)cc2)c1. The van der Waals surface area contributed by atoms with Crippen LogP contribution in [0.5, 0.6) is 0 Å². The molecule has 8 heteroatoms. The van der Waals surface area contributed by atoms with Crippen LogP contribution in [0.15, 0.2) is 48.5 Å². The van der Waals surface area contributed by atoms with Crippen LogP contribution in [-0.4, -0.2) is 18.4 Å². The summed E-state index contributed by atoms with van der Waals surface area (Å²) >= 11 is 0. The van der Waals surface area contributed by atoms with Crippen molar-refractivity contribution in [3.8, 4) is 0 Å². The van der Waals surface area contributed by atoms with Gasteiger partial charge in [-0.15, -0.1) is 0 Å². The Hall–Kier alpha value is -3.03. The summed E-state index contributed by atoms with van der Waals surface area (Å²) in [5.74, 6) is -0.506. The van der Waals surface area contributed by atoms with Crippen molar-refractivity contribution in [2.75, 3.05) is 22.5 Å². The van der Waals surface area contributed by atoms with Crippen molar-refractivity contribution in [2.45, 2.75) is 19.5 Å². The van der Waals surface area contributed by atoms with Gasteiger partial charge < -0.3 is 16.0 Å². The Labute approximate surface area is 148 Å². The third-order valence-electron chi connectivity index (χ3n) is 3.36. The highest BCUT2D eigenvalue weighted by Gasteiger charge is 2.29. The zero-order valence-corrected chi connectivity index (χ0v) is 14.0. The Morgan fingerprint density at radius 1 is 0.923 bits per heavy atom. The Morgan fingerprint density at radius 3 is 2.19 bits per heavy atom. The summed E-state index contributed by atoms with van der Waals surface area (Å²) in [5.41, 5.74) is 0.905. The van der Waals surface area contributed by atoms with Crippen molar-refractivity contribution in [2.24, 2.45) is 0 Å². The molecule has 0 atom stereocenters. The van der Waals surface area contributed by atoms with Gasteiger partial charge in [0.05, 0.1) is 5.56 Å². The van der Waals surface area contributed by atoms with Crippen molar-refractivity contribution in [3.63, 3.8) is 0 Å². The molecule has 0 heterocycles. The molecule has 0 spiro atoms. The molecular formula is C18H18F3N3O2. The molecule has 0 aliphatic carbocycles. The maximum Gasteiger partial charge on any atom is 0.416 e. The maximum absolute atomic E-state index is 12.5. The minimum atomic E-state index is -4.40. The van der Waals surface area contributed by atoms with E-state index < -0.39 is 11.7 Å². The molecule has 2 aromatic rings. The van der Waals surface area contributed by atoms with E-state index in [4.69, 9.17) is 0 Å². The lowest BCUT2D eigenvalue weighted by molar-refractivity contribution is -0.137. The van der Waals surface area contributed by atoms with Gasteiger partial charge in [0.1, 0.15) is 0 Å². The highest BCUT2D eigenvalue weighted by atomic mass is 19.4. The monoisotopic (exact) mass is 365 g/mol. The first kappa shape index (κ1) is 19.3. The van der Waals surface area contributed by atoms with E-state index in [-0.39, 0.29) is 18.2 Å². The second kappa shape index (κ2) is 8.37. The fourth-order valence-corrected chi connectivity index (χ4v) is 2.20. The minimum Gasteiger partial charge on any atom is -0.384 e. The summed E-state index contributed by atoms with van der Waals surface area (Å²) in [4.78, 5) is 22.9. The van der Waals surface area contributed by atoms with E-state index in [0.29, 0.717) is 17.9 Å². The number of halogens is 3. The van der Waals surface area contributed by atoms with Crippen LogP contribution in [0, 0.1) is 0 Å². The normalized spacial score (nSPS) is 10.9. The van der Waals surface area contributed by atoms with E-state index in [1.807, 2.05) is 0 Å². The molecule has 2 aromatic carbocycles. The summed E-state index contributed by atoms with van der Waals surface area (Å²) < 4.78 is 37.5. The van der Waals surface area contributed by atoms with Gasteiger partial charge in [-0.1, -0.05) is 6.07 Å². The lowest BCUT2D eigenvalue weighted by Gasteiger charge is -2.10. The molecule has 5 nitrogen and oxygen atoms in total. The third kappa shape index (κ3) is 6.12. The molecular weight excluding hydrogens is 347 g/mol. The number of alkyl halides is 3. The molecule has 0 bridgehead atoms. The van der Waals surface area contributed by atoms with Crippen molar-refractivity contribution >= 4 is 28.9 Å². The van der Waals surface area contributed by atoms with Crippen LogP contribution in [0.4, 0.5) is 30.2 Å². The van der Waals surface area contributed by atoms with E-state index in [1.54, 1.807) is 24.3 Å². The average Bonchev–Trinajstić information content (AvgIpc) is 2.54. The number of rotatable bonds is 6. The van der Waals surface area contributed by atoms with E-state index in [9.17, 15) is 22.8 Å². The van der Waals surface area contributed by atoms with Gasteiger partial charge >= 0.3 is 6.18 Å². The van der Waals surface area contributed by atoms with Gasteiger partial charge in [0.15, 0.2) is 0 Å². The second-order valence-electron chi connectivity index (χ2n) is 5.56. The van der Waals surface area contributed by atoms with Crippen molar-refractivity contribution in [3.05, 3.63) is 54.1 Å². The van der Waals surface area contributed by atoms with Crippen molar-refractivity contribution in [1.29, 1.82) is 0 Å². The summed E-state index contributed by atoms with van der Waals surface area (Å²) in [5, 5.41) is 8.24. The number of carbonyl (C=O) groups excluding carboxylic acids is 2. The van der Waals surface area contributed by atoms with Crippen LogP contribution in [0.25, 0.3) is 0 Å². The van der Waals surface area contributed by atoms with Crippen LogP contribution in [0.1, 0.15) is 18.9 Å². The number of carbonyl (C=O) groups is 2. The molecule has 0 radical (unpaired) electrons. The molecule has 2 amide bonds. The second-order valence-corrected chi connectivity index (χ2v) is 5.56. The topological polar surface area (TPSA) is 70.2 Å². The predicted molar refractivity (Wildman–Crippen MR) is 93.9 cm³/mol. The molecule has 0 fully saturated rings. The lowest BCUT2D eigenvalue weighted by atomic mass is 10.2. The van der Waals surface area contributed by atoms with Crippen LogP contribution >= 0.6 is 0 Å². The molecule has 26 heavy (non-hydrogen) atoms. The van der Waals surface area contributed by atoms with Gasteiger partial charge in [-0.25, -0.2) is 0 Å². The first-order valence-corrected chi connectivity index (χ1v) is 7.83. The van der Waals surface area contributed by atoms with E-state index in [0.717, 1.165) is 17.8 Å². The highest BCUT2D eigenvalue weighted by molar-refractivity contribution is 5.91. The van der Waals surface area contributed by atoms with E-state index >= 15 is 0 Å². The van der Waals surface area contributed by atoms with Crippen LogP contribution in [-0.2, 0) is 15.8 Å². The zero-order chi connectivity index (χ0) is 19.2. The Bertz CT molecular complexity index is 774. The smallest absolute Gasteiger partial charge is 0.384 e. The van der Waals surface area contributed by atoms with Crippen molar-refractivity contribution < 1.29 is 22.8 Å². The fourth-order valence-electron chi connectivity index (χ4n) is 2.20. The fraction of sp³-hybridized carbons (Fsp3) is 0.222. The quantitative estimate of drug-likeness (QED) is 0.722. The number of hydrogen-bond donors (Lipinski definition) is 3. The number of benzene rings is 2. The molecule has 138 valence electrons. The predicted octanol–water partition coefficient (Wildman–Crippen LogP) is 4.10. The Kier molecular flexibility index (Phi) is 6.21. The first-order chi connectivity index (χ1) is 12.2. The van der Waals surface area contributed by atoms with E-state index in [2.05, 4.69) is 16.0 Å². The van der Waals surface area contributed by atoms with E-state index in [1.165, 1.54) is 19.1 Å². The molecule has 0 aromatic heterocycles. The third-order valence-corrected chi connectivity index (χ3v) is 3.36. The van der Waals surface area contributed by atoms with Gasteiger partial charge in [0, 0.05) is 37.0 Å². The van der Waals surface area contributed by atoms with Gasteiger partial charge in [-0.05, 0) is 42.5 Å². The van der Waals surface area contributed by atoms with Crippen LogP contribution in [0.3, 0.4) is 0 Å². The van der Waals surface area contributed by atoms with Crippen LogP contribution < -0.4 is 16.0 Å². The molecule has 2 rings (SSSR count). The Morgan fingerprint density at radius 2 is 1.58 bits per heavy atom. The number of anilines is 3. The first-order valence-electron chi connectivity index (χ1n) is 7.83. The standard InChI is InChI=1S/C18H18F3N3O2/c1-12(25)23-16-4-2-3-15(11-16)22-10-9-17(26)24-14-7-5-13(6-8-14)18(19,20)21/h2-8,11,22H,9-10H2,1H3,(H,23,25)(H,24,26). The lowest BCUT2D eigenvalue weighted by Crippen LogP contribution is -2.16. The van der Waals surface area contributed by atoms with Gasteiger partial charge in [0.2, 0.25) is 11.8 Å². The summed E-state index contributed by atoms with van der Waals surface area (Å²) in [6.45, 7) is 1.74. The minimum absolute atomic E-state index is 0.130. The van der Waals surface area contributed by atoms with Gasteiger partial charge in [-0.2, -0.15) is 13.2 Å². The summed E-state index contributed by atoms with van der Waals surface area (Å²) in [7, 11) is 0. The number of nitrogens with one attached hydrogen (secondary N) is 3. The van der Waals surface area contributed by atoms with Gasteiger partial charge in [-0.3, -0.25) is 9.59 Å². The number of hydrogen-bond acceptors (Lipinski definition) is 3. The maximum atomic E-state index is 12.5. The Balaban J connectivity index is 1.81. The molecule has 0 saturated heterocycles. The molecule has 0 saturated carbocycles. The highest BCUT2D eigenvalue weighted by Crippen LogP contribution is 2.29. The number of amides is 2.